The number of nitrogens with zero attached hydrogens (tertiary/aromatic N) is 6. The highest BCUT2D eigenvalue weighted by atomic mass is 36.0. The lowest BCUT2D eigenvalue weighted by Crippen LogP contribution is -2.13. The van der Waals surface area contributed by atoms with Crippen LogP contribution in [0.5, 0.6) is 11.5 Å². The summed E-state index contributed by atoms with van der Waals surface area (Å²) in [7, 11) is 7.36. The first kappa shape index (κ1) is 63.9. The molecule has 0 aromatic heterocycles. The topological polar surface area (TPSA) is 429 Å². The first-order chi connectivity index (χ1) is 35.1. The number of carboxylic acids is 1. The number of ether oxygens (including phenoxy) is 3. The zero-order valence-corrected chi connectivity index (χ0v) is 41.1. The van der Waals surface area contributed by atoms with Crippen LogP contribution in [0.2, 0.25) is 0 Å². The molecule has 398 valence electrons. The predicted molar refractivity (Wildman–Crippen MR) is 261 cm³/mol. The van der Waals surface area contributed by atoms with Crippen molar-refractivity contribution in [3.05, 3.63) is 192 Å². The van der Waals surface area contributed by atoms with Crippen LogP contribution in [0, 0.1) is 60.7 Å². The maximum atomic E-state index is 12.0. The van der Waals surface area contributed by atoms with Crippen LogP contribution in [-0.2, 0) is 52.3 Å². The van der Waals surface area contributed by atoms with Crippen LogP contribution in [0.15, 0.2) is 103 Å². The predicted octanol–water partition coefficient (Wildman–Crippen LogP) is 8.38. The van der Waals surface area contributed by atoms with Gasteiger partial charge in [0.2, 0.25) is 14.5 Å². The summed E-state index contributed by atoms with van der Waals surface area (Å²) in [6.07, 6.45) is -1.34. The highest BCUT2D eigenvalue weighted by Gasteiger charge is 2.24. The number of carboxylic acid groups (broad SMARTS) is 1. The van der Waals surface area contributed by atoms with E-state index in [1.165, 1.54) is 48.5 Å². The molecule has 0 radical (unpaired) electrons. The average Bonchev–Trinajstić information content (AvgIpc) is 3.32. The van der Waals surface area contributed by atoms with Gasteiger partial charge in [0, 0.05) is 56.3 Å². The summed E-state index contributed by atoms with van der Waals surface area (Å²) in [5.41, 5.74) is -2.18. The number of carbonyl (C=O) groups is 5. The summed E-state index contributed by atoms with van der Waals surface area (Å²) in [4.78, 5) is 115. The van der Waals surface area contributed by atoms with E-state index in [9.17, 15) is 84.7 Å². The number of halogens is 3. The number of nitro benzene ring substituents is 6. The fraction of sp³-hybridized carbons (Fsp3) is 0.167. The first-order valence-electron chi connectivity index (χ1n) is 20.0. The molecular formula is C42H35Cl3N6O23S. The molecule has 2 N–H and O–H groups in total. The molecule has 0 aliphatic heterocycles. The van der Waals surface area contributed by atoms with Gasteiger partial charge in [-0.3, -0.25) is 75.1 Å². The molecule has 29 nitrogen and oxygen atoms in total. The molecule has 5 aromatic rings. The van der Waals surface area contributed by atoms with Gasteiger partial charge < -0.3 is 24.4 Å². The number of phenolic OH excluding ortho intramolecular Hbond substituents is 1. The molecule has 33 heteroatoms. The SMILES string of the molecule is CCOC(=O)c1ccc(O)cc1.CCOC(=O)c1ccc(OC(=O)Cc2ccc([N+](=O)[O-])cc2[N+](=O)[O-])cc1.O=C(Cl)Cc1ccc([N+](=O)[O-])cc1[N+](=O)[O-].O=C(O)Cc1ccc([N+](=O)[O-])cc1[N+](=O)[O-].O=S(Cl)Cl. The van der Waals surface area contributed by atoms with Gasteiger partial charge in [-0.25, -0.2) is 13.8 Å². The van der Waals surface area contributed by atoms with Gasteiger partial charge in [0.15, 0.2) is 0 Å². The largest absolute Gasteiger partial charge is 0.508 e. The zero-order valence-electron chi connectivity index (χ0n) is 38.0. The number of non-ortho nitro benzene ring substituents is 3. The van der Waals surface area contributed by atoms with Crippen molar-refractivity contribution in [1.29, 1.82) is 0 Å². The lowest BCUT2D eigenvalue weighted by atomic mass is 10.1. The fourth-order valence-electron chi connectivity index (χ4n) is 5.28. The Kier molecular flexibility index (Phi) is 27.3. The maximum absolute atomic E-state index is 12.0. The van der Waals surface area contributed by atoms with Gasteiger partial charge >= 0.3 is 23.9 Å². The van der Waals surface area contributed by atoms with Crippen molar-refractivity contribution in [3.8, 4) is 11.5 Å². The van der Waals surface area contributed by atoms with Crippen LogP contribution in [0.25, 0.3) is 0 Å². The molecule has 0 fully saturated rings. The third-order valence-corrected chi connectivity index (χ3v) is 8.54. The zero-order chi connectivity index (χ0) is 57.1. The Morgan fingerprint density at radius 3 is 1.13 bits per heavy atom. The molecule has 0 unspecified atom stereocenters. The van der Waals surface area contributed by atoms with Crippen LogP contribution in [-0.4, -0.2) is 86.3 Å². The summed E-state index contributed by atoms with van der Waals surface area (Å²) in [6.45, 7) is 4.01. The van der Waals surface area contributed by atoms with Crippen LogP contribution >= 0.6 is 33.0 Å². The number of esters is 3. The molecule has 0 bridgehead atoms. The molecule has 0 saturated heterocycles. The lowest BCUT2D eigenvalue weighted by Gasteiger charge is -2.06. The number of carbonyl (C=O) groups excluding carboxylic acids is 4. The number of benzene rings is 5. The third kappa shape index (κ3) is 23.8. The smallest absolute Gasteiger partial charge is 0.338 e. The van der Waals surface area contributed by atoms with Crippen molar-refractivity contribution in [2.75, 3.05) is 13.2 Å². The monoisotopic (exact) mass is 1130 g/mol. The molecule has 0 aliphatic carbocycles. The normalized spacial score (nSPS) is 9.79. The molecule has 5 aromatic carbocycles. The quantitative estimate of drug-likeness (QED) is 0.0290. The minimum atomic E-state index is -1.67. The molecule has 75 heavy (non-hydrogen) atoms. The minimum absolute atomic E-state index is 0.0151. The second-order valence-electron chi connectivity index (χ2n) is 13.4. The molecule has 0 saturated carbocycles. The van der Waals surface area contributed by atoms with Gasteiger partial charge in [0.1, 0.15) is 11.5 Å². The van der Waals surface area contributed by atoms with Gasteiger partial charge in [-0.1, -0.05) is 0 Å². The van der Waals surface area contributed by atoms with Crippen LogP contribution in [0.4, 0.5) is 34.1 Å². The Morgan fingerprint density at radius 2 is 0.840 bits per heavy atom. The minimum Gasteiger partial charge on any atom is -0.508 e. The van der Waals surface area contributed by atoms with E-state index >= 15 is 0 Å². The van der Waals surface area contributed by atoms with E-state index in [1.54, 1.807) is 13.8 Å². The fourth-order valence-corrected chi connectivity index (χ4v) is 5.42. The maximum Gasteiger partial charge on any atom is 0.338 e. The van der Waals surface area contributed by atoms with E-state index in [1.807, 2.05) is 0 Å². The van der Waals surface area contributed by atoms with E-state index in [0.29, 0.717) is 12.2 Å². The molecule has 0 amide bonds. The number of hydrogen-bond donors (Lipinski definition) is 2. The second kappa shape index (κ2) is 32.0. The van der Waals surface area contributed by atoms with Crippen molar-refractivity contribution in [3.63, 3.8) is 0 Å². The number of rotatable bonds is 17. The van der Waals surface area contributed by atoms with E-state index in [0.717, 1.165) is 54.6 Å². The lowest BCUT2D eigenvalue weighted by molar-refractivity contribution is -0.394. The molecular weight excluding hydrogens is 1090 g/mol. The molecule has 0 heterocycles. The van der Waals surface area contributed by atoms with Crippen LogP contribution in [0.3, 0.4) is 0 Å². The first-order valence-corrected chi connectivity index (χ1v) is 23.1. The van der Waals surface area contributed by atoms with E-state index in [-0.39, 0.29) is 52.7 Å². The van der Waals surface area contributed by atoms with Crippen molar-refractivity contribution in [2.45, 2.75) is 33.1 Å². The summed E-state index contributed by atoms with van der Waals surface area (Å²) in [6, 6.07) is 20.4. The standard InChI is InChI=1S/C17H14N2O8.C9H10O3.C8H5ClN2O5.C8H6N2O6.Cl2OS/c1-2-26-17(21)11-4-7-14(8-5-11)27-16(20)9-12-3-6-13(18(22)23)10-15(12)19(24)25;1-2-12-9(11)7-3-5-8(10)6-4-7;9-8(12)3-5-1-2-6(10(13)14)4-7(5)11(15)16;11-8(12)3-5-1-2-6(9(13)14)4-7(5)10(15)16;1-4(2)3/h3-8,10H,2,9H2,1H3;3-6,10H,2H2,1H3;1-2,4H,3H2;1-2,4H,3H2,(H,11,12);. The third-order valence-electron chi connectivity index (χ3n) is 8.41. The van der Waals surface area contributed by atoms with Crippen LogP contribution < -0.4 is 4.74 Å². The van der Waals surface area contributed by atoms with Gasteiger partial charge in [0.05, 0.1) is 91.3 Å². The summed E-state index contributed by atoms with van der Waals surface area (Å²) in [5, 5.41) is 80.4. The number of nitro groups is 6. The molecule has 0 atom stereocenters. The number of hydrogen-bond acceptors (Lipinski definition) is 22. The Hall–Kier alpha value is -9.13. The van der Waals surface area contributed by atoms with Crippen molar-refractivity contribution < 1.29 is 82.1 Å². The summed E-state index contributed by atoms with van der Waals surface area (Å²) < 4.78 is 23.7. The van der Waals surface area contributed by atoms with Gasteiger partial charge in [-0.15, -0.1) is 0 Å². The number of phenols is 1. The molecule has 0 spiro atoms. The number of aromatic hydroxyl groups is 1. The van der Waals surface area contributed by atoms with Gasteiger partial charge in [-0.05, 0) is 92.2 Å². The van der Waals surface area contributed by atoms with E-state index in [2.05, 4.69) is 21.4 Å². The Morgan fingerprint density at radius 1 is 0.520 bits per heavy atom. The van der Waals surface area contributed by atoms with Gasteiger partial charge in [0.25, 0.3) is 34.1 Å². The highest BCUT2D eigenvalue weighted by molar-refractivity contribution is 8.26. The summed E-state index contributed by atoms with van der Waals surface area (Å²) >= 11 is 5.10. The van der Waals surface area contributed by atoms with Crippen molar-refractivity contribution in [2.24, 2.45) is 0 Å². The Bertz CT molecular complexity index is 2870. The summed E-state index contributed by atoms with van der Waals surface area (Å²) in [5.74, 6) is -2.64. The Labute approximate surface area is 435 Å². The number of aliphatic carboxylic acids is 1. The van der Waals surface area contributed by atoms with Crippen molar-refractivity contribution in [1.82, 2.24) is 0 Å². The van der Waals surface area contributed by atoms with Crippen LogP contribution in [0.1, 0.15) is 51.3 Å². The Balaban J connectivity index is 0.000000509. The molecule has 5 rings (SSSR count). The van der Waals surface area contributed by atoms with E-state index < -0.39 is 109 Å². The molecule has 0 aliphatic rings. The van der Waals surface area contributed by atoms with E-state index in [4.69, 9.17) is 40.2 Å². The van der Waals surface area contributed by atoms with Crippen molar-refractivity contribution >= 4 is 105 Å². The second-order valence-corrected chi connectivity index (χ2v) is 16.4. The van der Waals surface area contributed by atoms with Gasteiger partial charge in [-0.2, -0.15) is 0 Å². The average molecular weight is 1130 g/mol. The highest BCUT2D eigenvalue weighted by Crippen LogP contribution is 2.28.